The second kappa shape index (κ2) is 7.00. The van der Waals surface area contributed by atoms with Gasteiger partial charge in [0.25, 0.3) is 5.91 Å². The smallest absolute Gasteiger partial charge is 0.307 e. The number of carbonyl (C=O) groups is 3. The number of nitrogens with zero attached hydrogens (tertiary/aromatic N) is 1. The van der Waals surface area contributed by atoms with Crippen molar-refractivity contribution in [3.63, 3.8) is 0 Å². The minimum absolute atomic E-state index is 0.158. The highest BCUT2D eigenvalue weighted by atomic mass is 35.5. The summed E-state index contributed by atoms with van der Waals surface area (Å²) in [5.74, 6) is -2.72. The molecule has 2 aromatic rings. The average molecular weight is 388 g/mol. The molecule has 1 aliphatic rings. The average Bonchev–Trinajstić information content (AvgIpc) is 3.18. The van der Waals surface area contributed by atoms with Crippen LogP contribution in [0.25, 0.3) is 0 Å². The number of nitrogens with one attached hydrogen (secondary N) is 2. The van der Waals surface area contributed by atoms with Crippen LogP contribution in [-0.2, 0) is 9.59 Å². The Labute approximate surface area is 160 Å². The zero-order chi connectivity index (χ0) is 19.8. The maximum absolute atomic E-state index is 12.4. The van der Waals surface area contributed by atoms with Crippen molar-refractivity contribution in [2.75, 3.05) is 10.6 Å². The fourth-order valence-electron chi connectivity index (χ4n) is 3.21. The van der Waals surface area contributed by atoms with Crippen LogP contribution in [0, 0.1) is 17.3 Å². The van der Waals surface area contributed by atoms with Gasteiger partial charge in [-0.2, -0.15) is 0 Å². The highest BCUT2D eigenvalue weighted by molar-refractivity contribution is 6.34. The van der Waals surface area contributed by atoms with Gasteiger partial charge in [-0.05, 0) is 35.7 Å². The Morgan fingerprint density at radius 3 is 2.41 bits per heavy atom. The number of benzene rings is 1. The van der Waals surface area contributed by atoms with Crippen molar-refractivity contribution >= 4 is 40.9 Å². The van der Waals surface area contributed by atoms with E-state index in [0.29, 0.717) is 11.5 Å². The molecule has 7 nitrogen and oxygen atoms in total. The van der Waals surface area contributed by atoms with Crippen LogP contribution >= 0.6 is 11.6 Å². The number of carbonyl (C=O) groups excluding carboxylic acids is 2. The van der Waals surface area contributed by atoms with Gasteiger partial charge in [0, 0.05) is 11.9 Å². The van der Waals surface area contributed by atoms with Gasteiger partial charge in [-0.3, -0.25) is 14.4 Å². The van der Waals surface area contributed by atoms with E-state index in [1.807, 2.05) is 0 Å². The molecule has 0 saturated heterocycles. The molecule has 2 atom stereocenters. The number of anilines is 2. The van der Waals surface area contributed by atoms with Crippen molar-refractivity contribution in [3.8, 4) is 0 Å². The van der Waals surface area contributed by atoms with Crippen molar-refractivity contribution in [2.45, 2.75) is 13.8 Å². The molecule has 0 spiro atoms. The van der Waals surface area contributed by atoms with Crippen LogP contribution in [0.15, 0.2) is 42.6 Å². The van der Waals surface area contributed by atoms with Crippen LogP contribution in [-0.4, -0.2) is 27.9 Å². The Morgan fingerprint density at radius 1 is 1.11 bits per heavy atom. The zero-order valence-electron chi connectivity index (χ0n) is 14.7. The molecule has 1 aromatic carbocycles. The Morgan fingerprint density at radius 2 is 1.85 bits per heavy atom. The van der Waals surface area contributed by atoms with E-state index in [9.17, 15) is 19.5 Å². The van der Waals surface area contributed by atoms with Gasteiger partial charge in [0.1, 0.15) is 5.82 Å². The number of amides is 2. The second-order valence-corrected chi connectivity index (χ2v) is 7.38. The first kappa shape index (κ1) is 18.8. The highest BCUT2D eigenvalue weighted by Crippen LogP contribution is 2.58. The maximum atomic E-state index is 12.4. The first-order valence-electron chi connectivity index (χ1n) is 8.27. The summed E-state index contributed by atoms with van der Waals surface area (Å²) in [6.45, 7) is 3.49. The van der Waals surface area contributed by atoms with Gasteiger partial charge in [-0.25, -0.2) is 4.98 Å². The summed E-state index contributed by atoms with van der Waals surface area (Å²) in [4.78, 5) is 39.9. The second-order valence-electron chi connectivity index (χ2n) is 6.97. The number of rotatable bonds is 5. The van der Waals surface area contributed by atoms with E-state index in [-0.39, 0.29) is 16.5 Å². The van der Waals surface area contributed by atoms with E-state index >= 15 is 0 Å². The summed E-state index contributed by atoms with van der Waals surface area (Å²) in [5.41, 5.74) is 0.0316. The van der Waals surface area contributed by atoms with Crippen molar-refractivity contribution in [1.82, 2.24) is 4.98 Å². The zero-order valence-corrected chi connectivity index (χ0v) is 15.4. The number of halogens is 1. The van der Waals surface area contributed by atoms with Gasteiger partial charge in [0.05, 0.1) is 22.4 Å². The Hall–Kier alpha value is -2.93. The molecular formula is C19H18ClN3O4. The fraction of sp³-hybridized carbons (Fsp3) is 0.263. The van der Waals surface area contributed by atoms with Crippen molar-refractivity contribution in [2.24, 2.45) is 17.3 Å². The molecule has 8 heteroatoms. The third kappa shape index (κ3) is 3.78. The molecule has 27 heavy (non-hydrogen) atoms. The van der Waals surface area contributed by atoms with Gasteiger partial charge < -0.3 is 15.7 Å². The van der Waals surface area contributed by atoms with Gasteiger partial charge in [0.2, 0.25) is 5.91 Å². The van der Waals surface area contributed by atoms with Crippen molar-refractivity contribution in [3.05, 3.63) is 53.2 Å². The maximum Gasteiger partial charge on any atom is 0.307 e. The molecule has 2 amide bonds. The molecule has 1 aromatic heterocycles. The molecule has 0 bridgehead atoms. The van der Waals surface area contributed by atoms with Crippen molar-refractivity contribution < 1.29 is 19.5 Å². The number of carboxylic acid groups (broad SMARTS) is 1. The molecule has 0 aliphatic heterocycles. The SMILES string of the molecule is CC1(C)[C@H](C(=O)O)[C@H]1C(=O)Nc1ccc(C(=O)Nc2ccccn2)c(Cl)c1. The molecule has 3 rings (SSSR count). The number of aromatic nitrogens is 1. The Bertz CT molecular complexity index is 914. The highest BCUT2D eigenvalue weighted by Gasteiger charge is 2.65. The third-order valence-electron chi connectivity index (χ3n) is 4.76. The summed E-state index contributed by atoms with van der Waals surface area (Å²) in [5, 5.41) is 14.6. The predicted octanol–water partition coefficient (Wildman–Crippen LogP) is 3.28. The normalized spacial score (nSPS) is 19.8. The van der Waals surface area contributed by atoms with E-state index in [0.717, 1.165) is 0 Å². The van der Waals surface area contributed by atoms with Crippen LogP contribution in [0.4, 0.5) is 11.5 Å². The van der Waals surface area contributed by atoms with E-state index in [2.05, 4.69) is 15.6 Å². The molecule has 1 fully saturated rings. The predicted molar refractivity (Wildman–Crippen MR) is 101 cm³/mol. The number of aliphatic carboxylic acids is 1. The number of pyridine rings is 1. The molecule has 1 saturated carbocycles. The fourth-order valence-corrected chi connectivity index (χ4v) is 3.47. The van der Waals surface area contributed by atoms with Crippen LogP contribution in [0.5, 0.6) is 0 Å². The standard InChI is InChI=1S/C19H18ClN3O4/c1-19(2)14(15(19)18(26)27)17(25)22-10-6-7-11(12(20)9-10)16(24)23-13-5-3-4-8-21-13/h3-9,14-15H,1-2H3,(H,22,25)(H,26,27)(H,21,23,24)/t14-,15-/m0/s1. The van der Waals surface area contributed by atoms with Crippen LogP contribution in [0.3, 0.4) is 0 Å². The monoisotopic (exact) mass is 387 g/mol. The Kier molecular flexibility index (Phi) is 4.89. The van der Waals surface area contributed by atoms with E-state index in [4.69, 9.17) is 11.6 Å². The topological polar surface area (TPSA) is 108 Å². The number of hydrogen-bond donors (Lipinski definition) is 3. The van der Waals surface area contributed by atoms with Crippen LogP contribution in [0.2, 0.25) is 5.02 Å². The largest absolute Gasteiger partial charge is 0.481 e. The lowest BCUT2D eigenvalue weighted by Crippen LogP contribution is -2.18. The first-order valence-corrected chi connectivity index (χ1v) is 8.65. The molecule has 140 valence electrons. The molecule has 1 aliphatic carbocycles. The Balaban J connectivity index is 1.69. The van der Waals surface area contributed by atoms with Crippen molar-refractivity contribution in [1.29, 1.82) is 0 Å². The molecule has 3 N–H and O–H groups in total. The lowest BCUT2D eigenvalue weighted by molar-refractivity contribution is -0.140. The molecule has 0 unspecified atom stereocenters. The van der Waals surface area contributed by atoms with E-state index in [1.54, 1.807) is 44.3 Å². The van der Waals surface area contributed by atoms with E-state index in [1.165, 1.54) is 12.1 Å². The number of hydrogen-bond acceptors (Lipinski definition) is 4. The molecular weight excluding hydrogens is 370 g/mol. The summed E-state index contributed by atoms with van der Waals surface area (Å²) in [7, 11) is 0. The summed E-state index contributed by atoms with van der Waals surface area (Å²) in [6, 6.07) is 9.61. The van der Waals surface area contributed by atoms with Gasteiger partial charge >= 0.3 is 5.97 Å². The summed E-state index contributed by atoms with van der Waals surface area (Å²) >= 11 is 6.18. The number of carboxylic acids is 1. The van der Waals surface area contributed by atoms with Gasteiger partial charge in [0.15, 0.2) is 0 Å². The third-order valence-corrected chi connectivity index (χ3v) is 5.08. The quantitative estimate of drug-likeness (QED) is 0.729. The van der Waals surface area contributed by atoms with Crippen LogP contribution < -0.4 is 10.6 Å². The van der Waals surface area contributed by atoms with E-state index < -0.39 is 29.1 Å². The minimum atomic E-state index is -0.986. The lowest BCUT2D eigenvalue weighted by atomic mass is 10.1. The van der Waals surface area contributed by atoms with Gasteiger partial charge in [-0.15, -0.1) is 0 Å². The van der Waals surface area contributed by atoms with Gasteiger partial charge in [-0.1, -0.05) is 31.5 Å². The van der Waals surface area contributed by atoms with Crippen LogP contribution in [0.1, 0.15) is 24.2 Å². The lowest BCUT2D eigenvalue weighted by Gasteiger charge is -2.10. The molecule has 0 radical (unpaired) electrons. The summed E-state index contributed by atoms with van der Waals surface area (Å²) < 4.78 is 0. The minimum Gasteiger partial charge on any atom is -0.481 e. The summed E-state index contributed by atoms with van der Waals surface area (Å²) in [6.07, 6.45) is 1.56. The first-order chi connectivity index (χ1) is 12.7. The molecule has 1 heterocycles.